The number of nitrogens with one attached hydrogen (secondary N) is 1. The Hall–Kier alpha value is -1.98. The van der Waals surface area contributed by atoms with Crippen LogP contribution >= 0.6 is 22.7 Å². The average molecular weight is 343 g/mol. The SMILES string of the molecule is CCC(=O)c1ccc(-c2ccc(-c3ccc(C(=O)CC)s3)[nH]2)s1. The molecule has 23 heavy (non-hydrogen) atoms. The molecule has 0 aliphatic carbocycles. The van der Waals surface area contributed by atoms with Crippen molar-refractivity contribution in [3.05, 3.63) is 46.2 Å². The van der Waals surface area contributed by atoms with Crippen molar-refractivity contribution in [3.8, 4) is 21.1 Å². The van der Waals surface area contributed by atoms with E-state index in [1.165, 1.54) is 22.7 Å². The number of Topliss-reactive ketones (excluding diaryl/α,β-unsaturated/α-hetero) is 2. The second-order valence-corrected chi connectivity index (χ2v) is 7.33. The van der Waals surface area contributed by atoms with Gasteiger partial charge in [0.25, 0.3) is 0 Å². The molecular formula is C18H17NO2S2. The molecule has 3 heterocycles. The standard InChI is InChI=1S/C18H17NO2S2/c1-3-13(20)17-9-7-15(22-17)11-5-6-12(19-11)16-8-10-18(23-16)14(21)4-2/h5-10,19H,3-4H2,1-2H3. The first-order chi connectivity index (χ1) is 11.1. The van der Waals surface area contributed by atoms with Crippen molar-refractivity contribution in [3.63, 3.8) is 0 Å². The Morgan fingerprint density at radius 1 is 0.783 bits per heavy atom. The average Bonchev–Trinajstić information content (AvgIpc) is 3.31. The van der Waals surface area contributed by atoms with Gasteiger partial charge in [-0.2, -0.15) is 0 Å². The molecule has 3 nitrogen and oxygen atoms in total. The van der Waals surface area contributed by atoms with Gasteiger partial charge in [0.05, 0.1) is 30.9 Å². The molecule has 1 N–H and O–H groups in total. The van der Waals surface area contributed by atoms with Gasteiger partial charge < -0.3 is 4.98 Å². The molecule has 0 saturated carbocycles. The number of ketones is 2. The van der Waals surface area contributed by atoms with Gasteiger partial charge in [0.15, 0.2) is 11.6 Å². The molecule has 3 rings (SSSR count). The number of thiophene rings is 2. The van der Waals surface area contributed by atoms with Gasteiger partial charge in [-0.1, -0.05) is 13.8 Å². The molecule has 0 aromatic carbocycles. The van der Waals surface area contributed by atoms with Gasteiger partial charge in [0.2, 0.25) is 0 Å². The fourth-order valence-corrected chi connectivity index (χ4v) is 4.29. The summed E-state index contributed by atoms with van der Waals surface area (Å²) in [7, 11) is 0. The van der Waals surface area contributed by atoms with Gasteiger partial charge in [-0.25, -0.2) is 0 Å². The van der Waals surface area contributed by atoms with Gasteiger partial charge in [-0.15, -0.1) is 22.7 Å². The molecule has 3 aromatic heterocycles. The summed E-state index contributed by atoms with van der Waals surface area (Å²) in [6.45, 7) is 3.75. The van der Waals surface area contributed by atoms with E-state index in [2.05, 4.69) is 4.98 Å². The second-order valence-electron chi connectivity index (χ2n) is 5.17. The van der Waals surface area contributed by atoms with Gasteiger partial charge >= 0.3 is 0 Å². The van der Waals surface area contributed by atoms with Gasteiger partial charge in [0, 0.05) is 12.8 Å². The maximum absolute atomic E-state index is 11.7. The second kappa shape index (κ2) is 6.64. The maximum Gasteiger partial charge on any atom is 0.172 e. The molecule has 0 fully saturated rings. The van der Waals surface area contributed by atoms with Crippen LogP contribution in [-0.2, 0) is 0 Å². The van der Waals surface area contributed by atoms with E-state index in [1.54, 1.807) is 0 Å². The van der Waals surface area contributed by atoms with Crippen molar-refractivity contribution in [1.82, 2.24) is 4.98 Å². The molecular weight excluding hydrogens is 326 g/mol. The van der Waals surface area contributed by atoms with Gasteiger partial charge in [0.1, 0.15) is 0 Å². The zero-order valence-corrected chi connectivity index (χ0v) is 14.6. The number of carbonyl (C=O) groups is 2. The van der Waals surface area contributed by atoms with Crippen LogP contribution in [0.15, 0.2) is 36.4 Å². The lowest BCUT2D eigenvalue weighted by atomic mass is 10.2. The zero-order valence-electron chi connectivity index (χ0n) is 13.0. The first kappa shape index (κ1) is 15.9. The van der Waals surface area contributed by atoms with E-state index in [4.69, 9.17) is 0 Å². The van der Waals surface area contributed by atoms with Crippen molar-refractivity contribution >= 4 is 34.2 Å². The molecule has 5 heteroatoms. The molecule has 0 aliphatic heterocycles. The third-order valence-electron chi connectivity index (χ3n) is 3.62. The highest BCUT2D eigenvalue weighted by atomic mass is 32.1. The predicted molar refractivity (Wildman–Crippen MR) is 96.7 cm³/mol. The lowest BCUT2D eigenvalue weighted by Gasteiger charge is -1.94. The molecule has 3 aromatic rings. The lowest BCUT2D eigenvalue weighted by molar-refractivity contribution is 0.0984. The summed E-state index contributed by atoms with van der Waals surface area (Å²) in [5.74, 6) is 0.350. The van der Waals surface area contributed by atoms with Crippen molar-refractivity contribution in [2.75, 3.05) is 0 Å². The monoisotopic (exact) mass is 343 g/mol. The van der Waals surface area contributed by atoms with Crippen LogP contribution in [0.4, 0.5) is 0 Å². The fourth-order valence-electron chi connectivity index (χ4n) is 2.30. The summed E-state index contributed by atoms with van der Waals surface area (Å²) in [6.07, 6.45) is 1.05. The number of H-pyrrole nitrogens is 1. The summed E-state index contributed by atoms with van der Waals surface area (Å²) >= 11 is 3.02. The van der Waals surface area contributed by atoms with Crippen molar-refractivity contribution in [2.24, 2.45) is 0 Å². The zero-order chi connectivity index (χ0) is 16.4. The number of hydrogen-bond acceptors (Lipinski definition) is 4. The van der Waals surface area contributed by atoms with Crippen LogP contribution in [0.1, 0.15) is 46.0 Å². The Bertz CT molecular complexity index is 785. The van der Waals surface area contributed by atoms with E-state index in [9.17, 15) is 9.59 Å². The van der Waals surface area contributed by atoms with E-state index in [0.717, 1.165) is 30.9 Å². The van der Waals surface area contributed by atoms with Crippen LogP contribution in [0.2, 0.25) is 0 Å². The fraction of sp³-hybridized carbons (Fsp3) is 0.222. The van der Waals surface area contributed by atoms with Gasteiger partial charge in [-0.05, 0) is 36.4 Å². The number of hydrogen-bond donors (Lipinski definition) is 1. The number of aromatic amines is 1. The lowest BCUT2D eigenvalue weighted by Crippen LogP contribution is -1.90. The number of aromatic nitrogens is 1. The van der Waals surface area contributed by atoms with Crippen LogP contribution in [0.25, 0.3) is 21.1 Å². The van der Waals surface area contributed by atoms with Crippen LogP contribution in [-0.4, -0.2) is 16.6 Å². The largest absolute Gasteiger partial charge is 0.353 e. The van der Waals surface area contributed by atoms with E-state index in [0.29, 0.717) is 12.8 Å². The van der Waals surface area contributed by atoms with Crippen molar-refractivity contribution < 1.29 is 9.59 Å². The Morgan fingerprint density at radius 3 is 1.61 bits per heavy atom. The quantitative estimate of drug-likeness (QED) is 0.587. The first-order valence-corrected chi connectivity index (χ1v) is 9.21. The molecule has 0 bridgehead atoms. The summed E-state index contributed by atoms with van der Waals surface area (Å²) < 4.78 is 0. The third-order valence-corrected chi connectivity index (χ3v) is 5.94. The van der Waals surface area contributed by atoms with E-state index in [1.807, 2.05) is 50.2 Å². The van der Waals surface area contributed by atoms with Crippen LogP contribution in [0, 0.1) is 0 Å². The minimum Gasteiger partial charge on any atom is -0.353 e. The first-order valence-electron chi connectivity index (χ1n) is 7.58. The Kier molecular flexibility index (Phi) is 4.59. The third kappa shape index (κ3) is 3.21. The molecule has 0 saturated heterocycles. The minimum absolute atomic E-state index is 0.175. The van der Waals surface area contributed by atoms with Crippen molar-refractivity contribution in [1.29, 1.82) is 0 Å². The highest BCUT2D eigenvalue weighted by Gasteiger charge is 2.12. The normalized spacial score (nSPS) is 10.9. The van der Waals surface area contributed by atoms with Crippen LogP contribution < -0.4 is 0 Å². The number of carbonyl (C=O) groups excluding carboxylic acids is 2. The van der Waals surface area contributed by atoms with Crippen LogP contribution in [0.3, 0.4) is 0 Å². The Labute approximate surface area is 143 Å². The highest BCUT2D eigenvalue weighted by Crippen LogP contribution is 2.33. The summed E-state index contributed by atoms with van der Waals surface area (Å²) in [5, 5.41) is 0. The Balaban J connectivity index is 1.85. The topological polar surface area (TPSA) is 49.9 Å². The van der Waals surface area contributed by atoms with Gasteiger partial charge in [-0.3, -0.25) is 9.59 Å². The van der Waals surface area contributed by atoms with Crippen LogP contribution in [0.5, 0.6) is 0 Å². The molecule has 0 spiro atoms. The molecule has 0 aliphatic rings. The summed E-state index contributed by atoms with van der Waals surface area (Å²) in [5.41, 5.74) is 1.99. The maximum atomic E-state index is 11.7. The Morgan fingerprint density at radius 2 is 1.22 bits per heavy atom. The van der Waals surface area contributed by atoms with E-state index >= 15 is 0 Å². The molecule has 118 valence electrons. The van der Waals surface area contributed by atoms with E-state index < -0.39 is 0 Å². The smallest absolute Gasteiger partial charge is 0.172 e. The molecule has 0 amide bonds. The summed E-state index contributed by atoms with van der Waals surface area (Å²) in [6, 6.07) is 11.8. The highest BCUT2D eigenvalue weighted by molar-refractivity contribution is 7.17. The minimum atomic E-state index is 0.175. The predicted octanol–water partition coefficient (Wildman–Crippen LogP) is 5.66. The molecule has 0 unspecified atom stereocenters. The molecule has 0 radical (unpaired) electrons. The summed E-state index contributed by atoms with van der Waals surface area (Å²) in [4.78, 5) is 30.6. The molecule has 0 atom stereocenters. The van der Waals surface area contributed by atoms with E-state index in [-0.39, 0.29) is 11.6 Å². The number of rotatable bonds is 6. The van der Waals surface area contributed by atoms with Crippen molar-refractivity contribution in [2.45, 2.75) is 26.7 Å².